The van der Waals surface area contributed by atoms with Gasteiger partial charge in [-0.2, -0.15) is 13.2 Å². The molecule has 2 saturated carbocycles. The summed E-state index contributed by atoms with van der Waals surface area (Å²) in [5, 5.41) is 6.86. The van der Waals surface area contributed by atoms with Crippen LogP contribution in [-0.2, 0) is 11.0 Å². The van der Waals surface area contributed by atoms with Gasteiger partial charge in [-0.25, -0.2) is 4.98 Å². The van der Waals surface area contributed by atoms with Gasteiger partial charge in [0.15, 0.2) is 0 Å². The zero-order valence-corrected chi connectivity index (χ0v) is 17.0. The van der Waals surface area contributed by atoms with Crippen LogP contribution in [0.1, 0.15) is 50.5 Å². The Morgan fingerprint density at radius 1 is 1.10 bits per heavy atom. The highest BCUT2D eigenvalue weighted by molar-refractivity contribution is 5.82. The molecule has 6 atom stereocenters. The maximum absolute atomic E-state index is 12.9. The maximum Gasteiger partial charge on any atom is 0.417 e. The van der Waals surface area contributed by atoms with Crippen molar-refractivity contribution in [2.45, 2.75) is 69.2 Å². The summed E-state index contributed by atoms with van der Waals surface area (Å²) in [6.45, 7) is 1.53. The monoisotopic (exact) mass is 422 g/mol. The molecule has 0 spiro atoms. The first kappa shape index (κ1) is 20.1. The third kappa shape index (κ3) is 3.79. The molecule has 1 aromatic rings. The highest BCUT2D eigenvalue weighted by atomic mass is 19.4. The Hall–Kier alpha value is -1.83. The van der Waals surface area contributed by atoms with Gasteiger partial charge in [0.25, 0.3) is 0 Å². The molecule has 4 fully saturated rings. The quantitative estimate of drug-likeness (QED) is 0.785. The Labute approximate surface area is 174 Å². The molecule has 1 amide bonds. The van der Waals surface area contributed by atoms with Gasteiger partial charge in [0.1, 0.15) is 5.82 Å². The number of halogens is 3. The van der Waals surface area contributed by atoms with E-state index < -0.39 is 11.7 Å². The summed E-state index contributed by atoms with van der Waals surface area (Å²) >= 11 is 0. The number of aromatic nitrogens is 1. The van der Waals surface area contributed by atoms with Crippen molar-refractivity contribution in [3.63, 3.8) is 0 Å². The first-order valence-corrected chi connectivity index (χ1v) is 11.2. The molecule has 0 bridgehead atoms. The maximum atomic E-state index is 12.9. The minimum Gasteiger partial charge on any atom is -0.356 e. The number of hydrogen-bond donors (Lipinski definition) is 2. The molecule has 2 aliphatic carbocycles. The highest BCUT2D eigenvalue weighted by Crippen LogP contribution is 2.40. The molecule has 3 heterocycles. The largest absolute Gasteiger partial charge is 0.417 e. The van der Waals surface area contributed by atoms with Gasteiger partial charge in [-0.15, -0.1) is 0 Å². The molecule has 8 heteroatoms. The zero-order chi connectivity index (χ0) is 20.9. The second-order valence-electron chi connectivity index (χ2n) is 9.53. The summed E-state index contributed by atoms with van der Waals surface area (Å²) in [6.07, 6.45) is 4.44. The second kappa shape index (κ2) is 7.70. The van der Waals surface area contributed by atoms with Crippen LogP contribution in [0.5, 0.6) is 0 Å². The van der Waals surface area contributed by atoms with Crippen molar-refractivity contribution in [1.82, 2.24) is 15.6 Å². The van der Waals surface area contributed by atoms with Crippen LogP contribution in [0.4, 0.5) is 19.0 Å². The lowest BCUT2D eigenvalue weighted by Gasteiger charge is -2.24. The van der Waals surface area contributed by atoms with Gasteiger partial charge in [0, 0.05) is 37.3 Å². The van der Waals surface area contributed by atoms with E-state index in [1.807, 2.05) is 0 Å². The van der Waals surface area contributed by atoms with Crippen molar-refractivity contribution >= 4 is 11.7 Å². The van der Waals surface area contributed by atoms with Gasteiger partial charge >= 0.3 is 6.18 Å². The molecule has 164 valence electrons. The lowest BCUT2D eigenvalue weighted by Crippen LogP contribution is -2.48. The predicted molar refractivity (Wildman–Crippen MR) is 107 cm³/mol. The first-order valence-electron chi connectivity index (χ1n) is 11.2. The molecule has 4 aliphatic rings. The van der Waals surface area contributed by atoms with E-state index in [4.69, 9.17) is 0 Å². The van der Waals surface area contributed by atoms with Gasteiger partial charge < -0.3 is 15.5 Å². The molecule has 3 unspecified atom stereocenters. The number of fused-ring (bicyclic) bond motifs is 2. The Kier molecular flexibility index (Phi) is 5.16. The average Bonchev–Trinajstić information content (AvgIpc) is 3.42. The second-order valence-corrected chi connectivity index (χ2v) is 9.53. The van der Waals surface area contributed by atoms with Crippen molar-refractivity contribution in [1.29, 1.82) is 0 Å². The summed E-state index contributed by atoms with van der Waals surface area (Å²) in [5.74, 6) is 2.14. The Balaban J connectivity index is 1.19. The number of nitrogens with zero attached hydrogens (tertiary/aromatic N) is 2. The van der Waals surface area contributed by atoms with E-state index in [1.54, 1.807) is 0 Å². The first-order chi connectivity index (χ1) is 14.4. The lowest BCUT2D eigenvalue weighted by molar-refractivity contribution is -0.137. The molecule has 5 rings (SSSR count). The van der Waals surface area contributed by atoms with E-state index in [9.17, 15) is 18.0 Å². The van der Waals surface area contributed by atoms with Crippen LogP contribution in [0.15, 0.2) is 18.3 Å². The van der Waals surface area contributed by atoms with Crippen LogP contribution in [0, 0.1) is 17.8 Å². The number of pyridine rings is 1. The van der Waals surface area contributed by atoms with Crippen molar-refractivity contribution in [3.8, 4) is 0 Å². The summed E-state index contributed by atoms with van der Waals surface area (Å²) in [6, 6.07) is 3.12. The molecular formula is C22H29F3N4O. The van der Waals surface area contributed by atoms with E-state index in [0.717, 1.165) is 44.6 Å². The average molecular weight is 422 g/mol. The van der Waals surface area contributed by atoms with Crippen LogP contribution < -0.4 is 15.5 Å². The standard InChI is InChI=1S/C22H29F3N4O/c23-22(24,25)15-6-8-20(26-10-15)29-11-14-5-7-18(16(14)12-29)28-21(30)19-9-13-3-1-2-4-17(13)27-19/h6,8,10,13-14,16-19,27H,1-5,7,9,11-12H2,(H,28,30)/t13-,14?,16?,17-,18?,19-/m0/s1. The topological polar surface area (TPSA) is 57.3 Å². The van der Waals surface area contributed by atoms with Crippen molar-refractivity contribution in [3.05, 3.63) is 23.9 Å². The number of anilines is 1. The summed E-state index contributed by atoms with van der Waals surface area (Å²) in [4.78, 5) is 19.0. The number of rotatable bonds is 3. The van der Waals surface area contributed by atoms with Gasteiger partial charge in [-0.05, 0) is 56.1 Å². The van der Waals surface area contributed by atoms with Gasteiger partial charge in [-0.3, -0.25) is 4.79 Å². The lowest BCUT2D eigenvalue weighted by atomic mass is 9.85. The van der Waals surface area contributed by atoms with E-state index in [0.29, 0.717) is 29.6 Å². The van der Waals surface area contributed by atoms with Crippen molar-refractivity contribution in [2.24, 2.45) is 17.8 Å². The summed E-state index contributed by atoms with van der Waals surface area (Å²) in [5.41, 5.74) is -0.722. The molecule has 30 heavy (non-hydrogen) atoms. The summed E-state index contributed by atoms with van der Waals surface area (Å²) in [7, 11) is 0. The number of alkyl halides is 3. The van der Waals surface area contributed by atoms with Crippen LogP contribution in [0.2, 0.25) is 0 Å². The Morgan fingerprint density at radius 3 is 2.67 bits per heavy atom. The van der Waals surface area contributed by atoms with Gasteiger partial charge in [0.2, 0.25) is 5.91 Å². The Morgan fingerprint density at radius 2 is 1.93 bits per heavy atom. The number of nitrogens with one attached hydrogen (secondary N) is 2. The molecule has 2 N–H and O–H groups in total. The third-order valence-corrected chi connectivity index (χ3v) is 7.76. The van der Waals surface area contributed by atoms with Gasteiger partial charge in [0.05, 0.1) is 11.6 Å². The fourth-order valence-corrected chi connectivity index (χ4v) is 6.18. The SMILES string of the molecule is O=C(NC1CCC2CN(c3ccc(C(F)(F)F)cn3)CC21)[C@@H]1C[C@@H]2CCCC[C@@H]2N1. The minimum absolute atomic E-state index is 0.0776. The van der Waals surface area contributed by atoms with Crippen molar-refractivity contribution < 1.29 is 18.0 Å². The van der Waals surface area contributed by atoms with Gasteiger partial charge in [-0.1, -0.05) is 12.8 Å². The van der Waals surface area contributed by atoms with E-state index in [1.165, 1.54) is 31.7 Å². The summed E-state index contributed by atoms with van der Waals surface area (Å²) < 4.78 is 38.4. The molecule has 1 aromatic heterocycles. The minimum atomic E-state index is -4.37. The predicted octanol–water partition coefficient (Wildman–Crippen LogP) is 3.35. The van der Waals surface area contributed by atoms with Crippen LogP contribution >= 0.6 is 0 Å². The number of amides is 1. The van der Waals surface area contributed by atoms with E-state index in [2.05, 4.69) is 20.5 Å². The molecular weight excluding hydrogens is 393 g/mol. The van der Waals surface area contributed by atoms with Crippen molar-refractivity contribution in [2.75, 3.05) is 18.0 Å². The third-order valence-electron chi connectivity index (χ3n) is 7.76. The normalized spacial score (nSPS) is 35.9. The fourth-order valence-electron chi connectivity index (χ4n) is 6.18. The van der Waals surface area contributed by atoms with E-state index in [-0.39, 0.29) is 18.0 Å². The zero-order valence-electron chi connectivity index (χ0n) is 17.0. The number of carbonyl (C=O) groups is 1. The van der Waals surface area contributed by atoms with Crippen LogP contribution in [0.25, 0.3) is 0 Å². The molecule has 2 aliphatic heterocycles. The molecule has 0 aromatic carbocycles. The molecule has 2 saturated heterocycles. The highest BCUT2D eigenvalue weighted by Gasteiger charge is 2.45. The fraction of sp³-hybridized carbons (Fsp3) is 0.727. The number of hydrogen-bond acceptors (Lipinski definition) is 4. The van der Waals surface area contributed by atoms with E-state index >= 15 is 0 Å². The van der Waals surface area contributed by atoms with Crippen LogP contribution in [0.3, 0.4) is 0 Å². The molecule has 0 radical (unpaired) electrons. The smallest absolute Gasteiger partial charge is 0.356 e. The Bertz CT molecular complexity index is 770. The van der Waals surface area contributed by atoms with Crippen LogP contribution in [-0.4, -0.2) is 42.1 Å². The molecule has 5 nitrogen and oxygen atoms in total. The number of carbonyl (C=O) groups excluding carboxylic acids is 1.